The Hall–Kier alpha value is -7.60. The van der Waals surface area contributed by atoms with E-state index in [9.17, 15) is 0 Å². The number of fused-ring (bicyclic) bond motifs is 10. The maximum Gasteiger partial charge on any atom is 0.137 e. The van der Waals surface area contributed by atoms with E-state index in [-0.39, 0.29) is 6.17 Å². The average Bonchev–Trinajstić information content (AvgIpc) is 4.07. The molecule has 282 valence electrons. The number of para-hydroxylation sites is 3. The molecular weight excluding hydrogens is 751 g/mol. The molecule has 0 aliphatic carbocycles. The van der Waals surface area contributed by atoms with Gasteiger partial charge in [-0.1, -0.05) is 121 Å². The molecule has 0 fully saturated rings. The summed E-state index contributed by atoms with van der Waals surface area (Å²) in [7, 11) is 0. The molecule has 4 heterocycles. The zero-order valence-electron chi connectivity index (χ0n) is 32.3. The van der Waals surface area contributed by atoms with Gasteiger partial charge in [0.25, 0.3) is 0 Å². The molecule has 0 saturated heterocycles. The minimum atomic E-state index is -0.208. The number of aromatic nitrogens is 1. The molecule has 60 heavy (non-hydrogen) atoms. The van der Waals surface area contributed by atoms with Crippen LogP contribution in [0.4, 0.5) is 17.1 Å². The molecule has 12 aromatic rings. The van der Waals surface area contributed by atoms with Crippen LogP contribution in [0.2, 0.25) is 0 Å². The first kappa shape index (κ1) is 33.4. The van der Waals surface area contributed by atoms with E-state index >= 15 is 0 Å². The maximum absolute atomic E-state index is 7.03. The first-order valence-electron chi connectivity index (χ1n) is 20.4. The van der Waals surface area contributed by atoms with E-state index in [1.54, 1.807) is 0 Å². The predicted octanol–water partition coefficient (Wildman–Crippen LogP) is 15.6. The van der Waals surface area contributed by atoms with Crippen LogP contribution in [-0.2, 0) is 0 Å². The van der Waals surface area contributed by atoms with Gasteiger partial charge in [-0.15, -0.1) is 11.3 Å². The van der Waals surface area contributed by atoms with Crippen molar-refractivity contribution in [2.24, 2.45) is 0 Å². The Morgan fingerprint density at radius 1 is 0.433 bits per heavy atom. The number of benzene rings is 9. The molecule has 0 bridgehead atoms. The molecule has 4 nitrogen and oxygen atoms in total. The monoisotopic (exact) mass is 785 g/mol. The van der Waals surface area contributed by atoms with E-state index in [2.05, 4.69) is 215 Å². The Morgan fingerprint density at radius 2 is 1.17 bits per heavy atom. The van der Waals surface area contributed by atoms with Gasteiger partial charge < -0.3 is 19.2 Å². The van der Waals surface area contributed by atoms with Gasteiger partial charge in [0.1, 0.15) is 17.3 Å². The highest BCUT2D eigenvalue weighted by atomic mass is 32.1. The van der Waals surface area contributed by atoms with E-state index in [0.717, 1.165) is 61.4 Å². The maximum atomic E-state index is 7.03. The largest absolute Gasteiger partial charge is 0.456 e. The summed E-state index contributed by atoms with van der Waals surface area (Å²) in [5, 5.41) is 11.3. The van der Waals surface area contributed by atoms with Crippen molar-refractivity contribution in [3.05, 3.63) is 206 Å². The quantitative estimate of drug-likeness (QED) is 0.189. The molecule has 9 aromatic carbocycles. The summed E-state index contributed by atoms with van der Waals surface area (Å²) in [6.07, 6.45) is -0.208. The predicted molar refractivity (Wildman–Crippen MR) is 253 cm³/mol. The van der Waals surface area contributed by atoms with Crippen molar-refractivity contribution in [2.75, 3.05) is 10.2 Å². The molecule has 0 spiro atoms. The zero-order valence-corrected chi connectivity index (χ0v) is 33.2. The van der Waals surface area contributed by atoms with E-state index in [1.807, 2.05) is 11.3 Å². The normalized spacial score (nSPS) is 13.9. The van der Waals surface area contributed by atoms with Crippen molar-refractivity contribution in [1.29, 1.82) is 0 Å². The highest BCUT2D eigenvalue weighted by molar-refractivity contribution is 7.25. The third-order valence-corrected chi connectivity index (χ3v) is 13.5. The van der Waals surface area contributed by atoms with Gasteiger partial charge in [0.2, 0.25) is 0 Å². The lowest BCUT2D eigenvalue weighted by Crippen LogP contribution is -2.23. The Morgan fingerprint density at radius 3 is 2.03 bits per heavy atom. The van der Waals surface area contributed by atoms with Gasteiger partial charge in [-0.05, 0) is 95.1 Å². The third-order valence-electron chi connectivity index (χ3n) is 12.4. The molecule has 0 radical (unpaired) electrons. The van der Waals surface area contributed by atoms with E-state index < -0.39 is 0 Å². The number of furan rings is 1. The molecule has 1 aliphatic rings. The summed E-state index contributed by atoms with van der Waals surface area (Å²) in [6, 6.07) is 72.4. The minimum absolute atomic E-state index is 0.208. The standard InChI is InChI=1S/C55H35N3OS/c1-3-14-34(15-4-1)36-18-13-19-38(28-36)58-48-24-11-9-22-46(48)56-55(58)45-29-37(35-16-5-2-6-17-35)30-51-54(45)42-27-26-39(31-50(42)59-51)57-47-23-10-7-20-40(47)43-33-53-44(32-49(43)57)41-21-8-12-25-52(41)60-53/h1-33,55-56H. The van der Waals surface area contributed by atoms with Crippen LogP contribution >= 0.6 is 11.3 Å². The Bertz CT molecular complexity index is 3650. The van der Waals surface area contributed by atoms with Crippen LogP contribution in [-0.4, -0.2) is 4.57 Å². The van der Waals surface area contributed by atoms with Crippen molar-refractivity contribution in [2.45, 2.75) is 6.17 Å². The van der Waals surface area contributed by atoms with Crippen LogP contribution in [0.5, 0.6) is 0 Å². The number of rotatable bonds is 5. The topological polar surface area (TPSA) is 33.3 Å². The second kappa shape index (κ2) is 13.0. The molecule has 0 amide bonds. The first-order valence-corrected chi connectivity index (χ1v) is 21.3. The van der Waals surface area contributed by atoms with Crippen molar-refractivity contribution in [3.63, 3.8) is 0 Å². The SMILES string of the molecule is c1ccc(-c2cccc(N3c4ccccc4NC3c3cc(-c4ccccc4)cc4oc5cc(-n6c7ccccc7c7cc8sc9ccccc9c8cc76)ccc5c34)c2)cc1. The van der Waals surface area contributed by atoms with Crippen LogP contribution in [0.15, 0.2) is 205 Å². The summed E-state index contributed by atoms with van der Waals surface area (Å²) >= 11 is 1.87. The smallest absolute Gasteiger partial charge is 0.137 e. The summed E-state index contributed by atoms with van der Waals surface area (Å²) in [5.74, 6) is 0. The summed E-state index contributed by atoms with van der Waals surface area (Å²) in [4.78, 5) is 2.45. The molecule has 1 N–H and O–H groups in total. The fourth-order valence-corrected chi connectivity index (χ4v) is 10.8. The number of thiophene rings is 1. The molecule has 13 rings (SSSR count). The Kier molecular flexibility index (Phi) is 7.21. The van der Waals surface area contributed by atoms with E-state index in [1.165, 1.54) is 53.1 Å². The van der Waals surface area contributed by atoms with Crippen molar-refractivity contribution in [1.82, 2.24) is 4.57 Å². The molecule has 1 atom stereocenters. The van der Waals surface area contributed by atoms with E-state index in [0.29, 0.717) is 0 Å². The summed E-state index contributed by atoms with van der Waals surface area (Å²) in [6.45, 7) is 0. The lowest BCUT2D eigenvalue weighted by atomic mass is 9.96. The molecule has 3 aromatic heterocycles. The van der Waals surface area contributed by atoms with Crippen LogP contribution < -0.4 is 10.2 Å². The summed E-state index contributed by atoms with van der Waals surface area (Å²) in [5.41, 5.74) is 14.3. The number of nitrogens with zero attached hydrogens (tertiary/aromatic N) is 2. The highest BCUT2D eigenvalue weighted by Gasteiger charge is 2.34. The summed E-state index contributed by atoms with van der Waals surface area (Å²) < 4.78 is 12.1. The zero-order chi connectivity index (χ0) is 39.3. The molecule has 0 saturated carbocycles. The van der Waals surface area contributed by atoms with Gasteiger partial charge in [0.15, 0.2) is 0 Å². The molecule has 5 heteroatoms. The third kappa shape index (κ3) is 5.03. The fourth-order valence-electron chi connectivity index (χ4n) is 9.67. The highest BCUT2D eigenvalue weighted by Crippen LogP contribution is 2.50. The van der Waals surface area contributed by atoms with Gasteiger partial charge in [-0.25, -0.2) is 0 Å². The number of anilines is 3. The second-order valence-electron chi connectivity index (χ2n) is 15.8. The fraction of sp³-hybridized carbons (Fsp3) is 0.0182. The van der Waals surface area contributed by atoms with Gasteiger partial charge >= 0.3 is 0 Å². The Labute approximate surface area is 349 Å². The van der Waals surface area contributed by atoms with Crippen molar-refractivity contribution >= 4 is 92.3 Å². The number of hydrogen-bond acceptors (Lipinski definition) is 4. The lowest BCUT2D eigenvalue weighted by molar-refractivity contribution is 0.668. The Balaban J connectivity index is 1.04. The molecule has 1 unspecified atom stereocenters. The number of hydrogen-bond donors (Lipinski definition) is 1. The average molecular weight is 786 g/mol. The molecular formula is C55H35N3OS. The van der Waals surface area contributed by atoms with Crippen molar-refractivity contribution in [3.8, 4) is 27.9 Å². The van der Waals surface area contributed by atoms with Gasteiger partial charge in [0.05, 0.1) is 22.4 Å². The lowest BCUT2D eigenvalue weighted by Gasteiger charge is -2.29. The van der Waals surface area contributed by atoms with Crippen LogP contribution in [0.25, 0.3) is 91.9 Å². The van der Waals surface area contributed by atoms with Gasteiger partial charge in [-0.3, -0.25) is 0 Å². The van der Waals surface area contributed by atoms with Crippen molar-refractivity contribution < 1.29 is 4.42 Å². The van der Waals surface area contributed by atoms with Gasteiger partial charge in [0, 0.05) is 64.7 Å². The van der Waals surface area contributed by atoms with E-state index in [4.69, 9.17) is 4.42 Å². The minimum Gasteiger partial charge on any atom is -0.456 e. The number of nitrogens with one attached hydrogen (secondary N) is 1. The van der Waals surface area contributed by atoms with Crippen LogP contribution in [0.1, 0.15) is 11.7 Å². The second-order valence-corrected chi connectivity index (χ2v) is 16.8. The van der Waals surface area contributed by atoms with Crippen LogP contribution in [0.3, 0.4) is 0 Å². The van der Waals surface area contributed by atoms with Crippen LogP contribution in [0, 0.1) is 0 Å². The first-order chi connectivity index (χ1) is 29.7. The molecule has 1 aliphatic heterocycles. The van der Waals surface area contributed by atoms with Gasteiger partial charge in [-0.2, -0.15) is 0 Å².